The van der Waals surface area contributed by atoms with Crippen molar-refractivity contribution in [3.8, 4) is 0 Å². The van der Waals surface area contributed by atoms with Crippen LogP contribution in [-0.2, 0) is 5.41 Å². The number of hydrogen-bond acceptors (Lipinski definition) is 3. The predicted molar refractivity (Wildman–Crippen MR) is 54.1 cm³/mol. The third kappa shape index (κ3) is 1.27. The largest absolute Gasteiger partial charge is 0.368 e. The highest BCUT2D eigenvalue weighted by atomic mass is 19.1. The maximum Gasteiger partial charge on any atom is 0.222 e. The first-order valence-corrected chi connectivity index (χ1v) is 5.54. The second-order valence-electron chi connectivity index (χ2n) is 5.05. The molecule has 3 aliphatic carbocycles. The molecule has 3 nitrogen and oxygen atoms in total. The van der Waals surface area contributed by atoms with Crippen molar-refractivity contribution in [1.82, 2.24) is 5.16 Å². The van der Waals surface area contributed by atoms with Crippen LogP contribution in [0, 0.1) is 0 Å². The molecule has 0 aliphatic heterocycles. The molecule has 1 aromatic rings. The molecular formula is C11H15FN2O. The predicted octanol–water partition coefficient (Wildman–Crippen LogP) is 2.57. The minimum Gasteiger partial charge on any atom is -0.368 e. The molecule has 3 fully saturated rings. The molecule has 0 aromatic carbocycles. The van der Waals surface area contributed by atoms with Crippen LogP contribution < -0.4 is 5.73 Å². The summed E-state index contributed by atoms with van der Waals surface area (Å²) in [5.74, 6) is 0.363. The normalized spacial score (nSPS) is 39.5. The average Bonchev–Trinajstić information content (AvgIpc) is 2.67. The van der Waals surface area contributed by atoms with Gasteiger partial charge in [-0.2, -0.15) is 0 Å². The van der Waals surface area contributed by atoms with Crippen molar-refractivity contribution in [2.75, 3.05) is 5.73 Å². The van der Waals surface area contributed by atoms with Crippen molar-refractivity contribution in [3.63, 3.8) is 0 Å². The van der Waals surface area contributed by atoms with E-state index in [2.05, 4.69) is 5.16 Å². The molecule has 3 saturated carbocycles. The quantitative estimate of drug-likeness (QED) is 0.775. The number of anilines is 1. The van der Waals surface area contributed by atoms with E-state index in [1.54, 1.807) is 6.07 Å². The Labute approximate surface area is 87.8 Å². The summed E-state index contributed by atoms with van der Waals surface area (Å²) in [6.07, 6.45) is 4.65. The SMILES string of the molecule is Nc1cc(C23CCC(F)(CC2)CC3)no1. The van der Waals surface area contributed by atoms with Crippen molar-refractivity contribution in [3.05, 3.63) is 11.8 Å². The number of rotatable bonds is 1. The number of halogens is 1. The fourth-order valence-electron chi connectivity index (χ4n) is 3.06. The molecule has 0 spiro atoms. The van der Waals surface area contributed by atoms with Crippen LogP contribution in [0.2, 0.25) is 0 Å². The van der Waals surface area contributed by atoms with Gasteiger partial charge in [0.1, 0.15) is 5.67 Å². The molecule has 0 amide bonds. The van der Waals surface area contributed by atoms with Crippen LogP contribution >= 0.6 is 0 Å². The van der Waals surface area contributed by atoms with Crippen LogP contribution in [0.3, 0.4) is 0 Å². The number of nitrogen functional groups attached to an aromatic ring is 1. The van der Waals surface area contributed by atoms with Gasteiger partial charge in [-0.3, -0.25) is 0 Å². The molecule has 0 radical (unpaired) electrons. The van der Waals surface area contributed by atoms with Crippen LogP contribution in [0.25, 0.3) is 0 Å². The zero-order chi connectivity index (χ0) is 10.5. The first-order valence-electron chi connectivity index (χ1n) is 5.54. The van der Waals surface area contributed by atoms with Crippen LogP contribution in [0.4, 0.5) is 10.3 Å². The first kappa shape index (κ1) is 9.19. The number of aromatic nitrogens is 1. The smallest absolute Gasteiger partial charge is 0.222 e. The minimum atomic E-state index is -0.892. The lowest BCUT2D eigenvalue weighted by Gasteiger charge is -2.48. The molecule has 3 aliphatic rings. The topological polar surface area (TPSA) is 52.0 Å². The third-order valence-corrected chi connectivity index (χ3v) is 4.23. The number of alkyl halides is 1. The zero-order valence-electron chi connectivity index (χ0n) is 8.63. The second-order valence-corrected chi connectivity index (χ2v) is 5.05. The Balaban J connectivity index is 1.93. The molecule has 4 rings (SSSR count). The third-order valence-electron chi connectivity index (χ3n) is 4.23. The van der Waals surface area contributed by atoms with Crippen molar-refractivity contribution < 1.29 is 8.91 Å². The maximum absolute atomic E-state index is 14.0. The first-order chi connectivity index (χ1) is 7.12. The molecule has 0 unspecified atom stereocenters. The van der Waals surface area contributed by atoms with Crippen molar-refractivity contribution >= 4 is 5.88 Å². The monoisotopic (exact) mass is 210 g/mol. The molecule has 0 atom stereocenters. The van der Waals surface area contributed by atoms with Crippen molar-refractivity contribution in [2.24, 2.45) is 0 Å². The van der Waals surface area contributed by atoms with Crippen LogP contribution in [-0.4, -0.2) is 10.8 Å². The van der Waals surface area contributed by atoms with Gasteiger partial charge in [-0.1, -0.05) is 5.16 Å². The van der Waals surface area contributed by atoms with Gasteiger partial charge >= 0.3 is 0 Å². The van der Waals surface area contributed by atoms with Gasteiger partial charge in [0, 0.05) is 11.5 Å². The Morgan fingerprint density at radius 2 is 1.80 bits per heavy atom. The lowest BCUT2D eigenvalue weighted by Crippen LogP contribution is -2.45. The van der Waals surface area contributed by atoms with E-state index in [0.717, 1.165) is 25.0 Å². The summed E-state index contributed by atoms with van der Waals surface area (Å²) in [6, 6.07) is 1.80. The highest BCUT2D eigenvalue weighted by Gasteiger charge is 2.51. The molecule has 1 heterocycles. The number of nitrogens with two attached hydrogens (primary N) is 1. The Morgan fingerprint density at radius 1 is 1.20 bits per heavy atom. The molecule has 1 aromatic heterocycles. The van der Waals surface area contributed by atoms with Crippen LogP contribution in [0.1, 0.15) is 44.2 Å². The van der Waals surface area contributed by atoms with Crippen molar-refractivity contribution in [2.45, 2.75) is 49.6 Å². The number of nitrogens with zero attached hydrogens (tertiary/aromatic N) is 1. The summed E-state index contributed by atoms with van der Waals surface area (Å²) < 4.78 is 18.9. The minimum absolute atomic E-state index is 0.0506. The van der Waals surface area contributed by atoms with Gasteiger partial charge in [-0.05, 0) is 38.5 Å². The summed E-state index contributed by atoms with van der Waals surface area (Å²) in [5.41, 5.74) is 5.63. The molecule has 4 heteroatoms. The molecule has 82 valence electrons. The standard InChI is InChI=1S/C11H15FN2O/c12-11-4-1-10(2-5-11,3-6-11)8-7-9(13)15-14-8/h7H,1-6,13H2. The Morgan fingerprint density at radius 3 is 2.27 bits per heavy atom. The van der Waals surface area contributed by atoms with E-state index in [1.165, 1.54) is 0 Å². The molecule has 15 heavy (non-hydrogen) atoms. The summed E-state index contributed by atoms with van der Waals surface area (Å²) in [4.78, 5) is 0. The Bertz CT molecular complexity index is 363. The van der Waals surface area contributed by atoms with Gasteiger partial charge in [0.25, 0.3) is 0 Å². The summed E-state index contributed by atoms with van der Waals surface area (Å²) in [5, 5.41) is 4.01. The maximum atomic E-state index is 14.0. The number of hydrogen-bond donors (Lipinski definition) is 1. The molecule has 0 saturated heterocycles. The summed E-state index contributed by atoms with van der Waals surface area (Å²) in [7, 11) is 0. The highest BCUT2D eigenvalue weighted by molar-refractivity contribution is 5.31. The lowest BCUT2D eigenvalue weighted by molar-refractivity contribution is 0.000964. The van der Waals surface area contributed by atoms with E-state index < -0.39 is 5.67 Å². The van der Waals surface area contributed by atoms with Crippen molar-refractivity contribution in [1.29, 1.82) is 0 Å². The van der Waals surface area contributed by atoms with Gasteiger partial charge < -0.3 is 10.3 Å². The van der Waals surface area contributed by atoms with E-state index in [-0.39, 0.29) is 5.41 Å². The Kier molecular flexibility index (Phi) is 1.68. The summed E-state index contributed by atoms with van der Waals surface area (Å²) in [6.45, 7) is 0. The highest BCUT2D eigenvalue weighted by Crippen LogP contribution is 2.54. The molecule has 2 N–H and O–H groups in total. The van der Waals surface area contributed by atoms with E-state index >= 15 is 0 Å². The van der Waals surface area contributed by atoms with E-state index in [4.69, 9.17) is 10.3 Å². The lowest BCUT2D eigenvalue weighted by atomic mass is 9.58. The average molecular weight is 210 g/mol. The van der Waals surface area contributed by atoms with Gasteiger partial charge in [0.05, 0.1) is 5.69 Å². The van der Waals surface area contributed by atoms with Gasteiger partial charge in [-0.25, -0.2) is 4.39 Å². The summed E-state index contributed by atoms with van der Waals surface area (Å²) >= 11 is 0. The van der Waals surface area contributed by atoms with E-state index in [1.807, 2.05) is 0 Å². The van der Waals surface area contributed by atoms with E-state index in [9.17, 15) is 4.39 Å². The zero-order valence-corrected chi connectivity index (χ0v) is 8.63. The second kappa shape index (κ2) is 2.74. The fourth-order valence-corrected chi connectivity index (χ4v) is 3.06. The van der Waals surface area contributed by atoms with Crippen LogP contribution in [0.15, 0.2) is 10.6 Å². The Hall–Kier alpha value is -1.06. The van der Waals surface area contributed by atoms with E-state index in [0.29, 0.717) is 25.1 Å². The van der Waals surface area contributed by atoms with Gasteiger partial charge in [-0.15, -0.1) is 0 Å². The molecule has 2 bridgehead atoms. The molecular weight excluding hydrogens is 195 g/mol. The van der Waals surface area contributed by atoms with Gasteiger partial charge in [0.2, 0.25) is 5.88 Å². The van der Waals surface area contributed by atoms with Crippen LogP contribution in [0.5, 0.6) is 0 Å². The number of fused-ring (bicyclic) bond motifs is 3. The van der Waals surface area contributed by atoms with Gasteiger partial charge in [0.15, 0.2) is 0 Å². The fraction of sp³-hybridized carbons (Fsp3) is 0.727.